The first-order valence-corrected chi connectivity index (χ1v) is 11.7. The van der Waals surface area contributed by atoms with E-state index >= 15 is 0 Å². The summed E-state index contributed by atoms with van der Waals surface area (Å²) in [5, 5.41) is 12.7. The molecule has 2 unspecified atom stereocenters. The van der Waals surface area contributed by atoms with Crippen LogP contribution < -0.4 is 10.2 Å². The number of ether oxygens (including phenoxy) is 1. The normalized spacial score (nSPS) is 21.9. The average Bonchev–Trinajstić information content (AvgIpc) is 3.28. The minimum Gasteiger partial charge on any atom is -0.376 e. The van der Waals surface area contributed by atoms with E-state index in [1.807, 2.05) is 24.3 Å². The Balaban J connectivity index is 1.31. The zero-order chi connectivity index (χ0) is 20.1. The number of hydrogen-bond donors (Lipinski definition) is 1. The van der Waals surface area contributed by atoms with E-state index in [1.165, 1.54) is 0 Å². The van der Waals surface area contributed by atoms with Gasteiger partial charge < -0.3 is 15.0 Å². The average molecular weight is 477 g/mol. The molecule has 1 N–H and O–H groups in total. The molecule has 3 heterocycles. The molecule has 8 heteroatoms. The van der Waals surface area contributed by atoms with Crippen LogP contribution in [0.15, 0.2) is 50.8 Å². The number of nitrogens with one attached hydrogen (secondary N) is 1. The minimum atomic E-state index is -0.0104. The minimum absolute atomic E-state index is 0.0104. The van der Waals surface area contributed by atoms with E-state index < -0.39 is 0 Å². The maximum Gasteiger partial charge on any atom is 0.224 e. The number of hydrogen-bond acceptors (Lipinski definition) is 6. The van der Waals surface area contributed by atoms with Gasteiger partial charge in [-0.2, -0.15) is 0 Å². The fourth-order valence-corrected chi connectivity index (χ4v) is 4.72. The fraction of sp³-hybridized carbons (Fsp3) is 0.476. The summed E-state index contributed by atoms with van der Waals surface area (Å²) in [7, 11) is 0. The third kappa shape index (κ3) is 5.71. The Morgan fingerprint density at radius 3 is 2.76 bits per heavy atom. The number of nitrogens with zero attached hydrogens (tertiary/aromatic N) is 3. The fourth-order valence-electron chi connectivity index (χ4n) is 3.72. The lowest BCUT2D eigenvalue weighted by atomic mass is 9.97. The number of piperidine rings is 1. The molecule has 0 spiro atoms. The van der Waals surface area contributed by atoms with E-state index in [9.17, 15) is 4.79 Å². The van der Waals surface area contributed by atoms with Gasteiger partial charge in [-0.1, -0.05) is 27.7 Å². The van der Waals surface area contributed by atoms with Crippen molar-refractivity contribution in [2.45, 2.75) is 41.7 Å². The van der Waals surface area contributed by atoms with Gasteiger partial charge in [-0.25, -0.2) is 0 Å². The summed E-state index contributed by atoms with van der Waals surface area (Å²) in [4.78, 5) is 15.9. The van der Waals surface area contributed by atoms with E-state index in [1.54, 1.807) is 11.8 Å². The lowest BCUT2D eigenvalue weighted by Crippen LogP contribution is -2.45. The van der Waals surface area contributed by atoms with Crippen molar-refractivity contribution in [3.8, 4) is 0 Å². The van der Waals surface area contributed by atoms with Crippen molar-refractivity contribution in [1.29, 1.82) is 0 Å². The molecule has 0 aliphatic carbocycles. The molecule has 2 saturated heterocycles. The monoisotopic (exact) mass is 476 g/mol. The Labute approximate surface area is 183 Å². The quantitative estimate of drug-likeness (QED) is 0.681. The van der Waals surface area contributed by atoms with E-state index in [0.29, 0.717) is 13.1 Å². The lowest BCUT2D eigenvalue weighted by molar-refractivity contribution is -0.125. The van der Waals surface area contributed by atoms with Crippen molar-refractivity contribution in [3.05, 3.63) is 40.9 Å². The van der Waals surface area contributed by atoms with Crippen LogP contribution in [0.25, 0.3) is 0 Å². The molecule has 0 saturated carbocycles. The first kappa shape index (κ1) is 20.6. The highest BCUT2D eigenvalue weighted by Crippen LogP contribution is 2.28. The van der Waals surface area contributed by atoms with Crippen LogP contribution in [0.2, 0.25) is 0 Å². The summed E-state index contributed by atoms with van der Waals surface area (Å²) >= 11 is 5.04. The van der Waals surface area contributed by atoms with Gasteiger partial charge in [0.2, 0.25) is 5.91 Å². The highest BCUT2D eigenvalue weighted by atomic mass is 79.9. The van der Waals surface area contributed by atoms with Crippen LogP contribution in [0.1, 0.15) is 25.7 Å². The van der Waals surface area contributed by atoms with Crippen LogP contribution in [0.4, 0.5) is 5.82 Å². The first-order valence-electron chi connectivity index (χ1n) is 10.1. The van der Waals surface area contributed by atoms with Gasteiger partial charge in [0.25, 0.3) is 0 Å². The Hall–Kier alpha value is -1.64. The number of aromatic nitrogens is 2. The summed E-state index contributed by atoms with van der Waals surface area (Å²) in [6, 6.07) is 12.1. The number of rotatable bonds is 6. The molecule has 2 aliphatic heterocycles. The molecule has 1 aromatic carbocycles. The van der Waals surface area contributed by atoms with Crippen LogP contribution in [0.5, 0.6) is 0 Å². The van der Waals surface area contributed by atoms with Gasteiger partial charge in [-0.3, -0.25) is 4.79 Å². The van der Waals surface area contributed by atoms with Gasteiger partial charge in [0.1, 0.15) is 5.03 Å². The number of anilines is 1. The molecule has 2 aromatic rings. The van der Waals surface area contributed by atoms with Gasteiger partial charge in [0.05, 0.1) is 12.0 Å². The number of amides is 1. The van der Waals surface area contributed by atoms with E-state index in [2.05, 4.69) is 48.5 Å². The molecular formula is C21H25BrN4O2S. The SMILES string of the molecule is O=C(NCC1CCCO1)C1CCCN(c2ccc(Sc3ccc(Br)cc3)nn2)C1. The topological polar surface area (TPSA) is 67.3 Å². The lowest BCUT2D eigenvalue weighted by Gasteiger charge is -2.32. The molecule has 1 amide bonds. The van der Waals surface area contributed by atoms with Crippen LogP contribution in [-0.2, 0) is 9.53 Å². The molecule has 0 radical (unpaired) electrons. The second-order valence-corrected chi connectivity index (χ2v) is 9.46. The smallest absolute Gasteiger partial charge is 0.224 e. The Morgan fingerprint density at radius 1 is 1.17 bits per heavy atom. The molecule has 29 heavy (non-hydrogen) atoms. The summed E-state index contributed by atoms with van der Waals surface area (Å²) in [6.07, 6.45) is 4.21. The van der Waals surface area contributed by atoms with Gasteiger partial charge in [0.15, 0.2) is 5.82 Å². The van der Waals surface area contributed by atoms with Gasteiger partial charge >= 0.3 is 0 Å². The number of halogens is 1. The van der Waals surface area contributed by atoms with E-state index in [4.69, 9.17) is 4.74 Å². The zero-order valence-corrected chi connectivity index (χ0v) is 18.6. The predicted octanol–water partition coefficient (Wildman–Crippen LogP) is 3.90. The zero-order valence-electron chi connectivity index (χ0n) is 16.2. The van der Waals surface area contributed by atoms with Crippen molar-refractivity contribution in [2.75, 3.05) is 31.1 Å². The van der Waals surface area contributed by atoms with Crippen molar-refractivity contribution in [2.24, 2.45) is 5.92 Å². The Morgan fingerprint density at radius 2 is 2.03 bits per heavy atom. The summed E-state index contributed by atoms with van der Waals surface area (Å²) in [5.74, 6) is 0.950. The van der Waals surface area contributed by atoms with Crippen molar-refractivity contribution in [3.63, 3.8) is 0 Å². The Bertz CT molecular complexity index is 812. The molecule has 0 bridgehead atoms. The molecule has 6 nitrogen and oxygen atoms in total. The second kappa shape index (κ2) is 9.91. The molecule has 2 aliphatic rings. The van der Waals surface area contributed by atoms with Crippen molar-refractivity contribution in [1.82, 2.24) is 15.5 Å². The summed E-state index contributed by atoms with van der Waals surface area (Å²) in [6.45, 7) is 3.03. The van der Waals surface area contributed by atoms with Gasteiger partial charge in [0, 0.05) is 35.6 Å². The summed E-state index contributed by atoms with van der Waals surface area (Å²) in [5.41, 5.74) is 0. The predicted molar refractivity (Wildman–Crippen MR) is 117 cm³/mol. The van der Waals surface area contributed by atoms with Crippen LogP contribution in [0, 0.1) is 5.92 Å². The van der Waals surface area contributed by atoms with Crippen molar-refractivity contribution >= 4 is 39.4 Å². The van der Waals surface area contributed by atoms with Crippen LogP contribution in [-0.4, -0.2) is 48.4 Å². The number of carbonyl (C=O) groups excluding carboxylic acids is 1. The molecule has 1 aromatic heterocycles. The number of benzene rings is 1. The highest BCUT2D eigenvalue weighted by molar-refractivity contribution is 9.10. The molecular weight excluding hydrogens is 452 g/mol. The maximum atomic E-state index is 12.6. The Kier molecular flexibility index (Phi) is 7.05. The highest BCUT2D eigenvalue weighted by Gasteiger charge is 2.27. The molecule has 4 rings (SSSR count). The summed E-state index contributed by atoms with van der Waals surface area (Å²) < 4.78 is 6.65. The molecule has 2 atom stereocenters. The van der Waals surface area contributed by atoms with Crippen LogP contribution in [0.3, 0.4) is 0 Å². The second-order valence-electron chi connectivity index (χ2n) is 7.45. The molecule has 154 valence electrons. The third-order valence-electron chi connectivity index (χ3n) is 5.31. The van der Waals surface area contributed by atoms with Crippen molar-refractivity contribution < 1.29 is 9.53 Å². The maximum absolute atomic E-state index is 12.6. The van der Waals surface area contributed by atoms with Gasteiger partial charge in [-0.05, 0) is 62.1 Å². The van der Waals surface area contributed by atoms with Crippen LogP contribution >= 0.6 is 27.7 Å². The van der Waals surface area contributed by atoms with E-state index in [0.717, 1.165) is 59.0 Å². The third-order valence-corrected chi connectivity index (χ3v) is 6.77. The first-order chi connectivity index (χ1) is 14.2. The standard InChI is InChI=1S/C21H25BrN4O2S/c22-16-5-7-18(8-6-16)29-20-10-9-19(24-25-20)26-11-1-3-15(14-26)21(27)23-13-17-4-2-12-28-17/h5-10,15,17H,1-4,11-14H2,(H,23,27). The largest absolute Gasteiger partial charge is 0.376 e. The number of carbonyl (C=O) groups is 1. The molecule has 2 fully saturated rings. The van der Waals surface area contributed by atoms with Gasteiger partial charge in [-0.15, -0.1) is 10.2 Å². The van der Waals surface area contributed by atoms with E-state index in [-0.39, 0.29) is 17.9 Å².